The SMILES string of the molecule is CN1CCCC1c1cn2cc(NC(=O)c3ccc(Cn4cccn4)cc3)ccc2n1. The summed E-state index contributed by atoms with van der Waals surface area (Å²) in [6, 6.07) is 13.7. The number of imidazole rings is 1. The van der Waals surface area contributed by atoms with Crippen LogP contribution in [0.2, 0.25) is 0 Å². The Morgan fingerprint density at radius 1 is 1.17 bits per heavy atom. The van der Waals surface area contributed by atoms with Crippen molar-refractivity contribution in [1.82, 2.24) is 24.1 Å². The predicted octanol–water partition coefficient (Wildman–Crippen LogP) is 3.60. The normalized spacial score (nSPS) is 16.9. The summed E-state index contributed by atoms with van der Waals surface area (Å²) in [5.74, 6) is -0.129. The van der Waals surface area contributed by atoms with Crippen molar-refractivity contribution in [2.45, 2.75) is 25.4 Å². The number of hydrogen-bond acceptors (Lipinski definition) is 4. The van der Waals surface area contributed by atoms with E-state index in [2.05, 4.69) is 28.6 Å². The Morgan fingerprint density at radius 3 is 2.77 bits per heavy atom. The number of benzene rings is 1. The number of carbonyl (C=O) groups is 1. The minimum absolute atomic E-state index is 0.129. The van der Waals surface area contributed by atoms with Crippen LogP contribution >= 0.6 is 0 Å². The Morgan fingerprint density at radius 2 is 2.03 bits per heavy atom. The van der Waals surface area contributed by atoms with Crippen LogP contribution in [-0.4, -0.2) is 43.6 Å². The molecule has 1 aromatic carbocycles. The molecule has 1 aliphatic rings. The van der Waals surface area contributed by atoms with E-state index in [1.54, 1.807) is 6.20 Å². The van der Waals surface area contributed by atoms with Crippen LogP contribution in [0.5, 0.6) is 0 Å². The van der Waals surface area contributed by atoms with Crippen molar-refractivity contribution in [3.05, 3.63) is 84.1 Å². The minimum atomic E-state index is -0.129. The van der Waals surface area contributed by atoms with Crippen molar-refractivity contribution in [1.29, 1.82) is 0 Å². The summed E-state index contributed by atoms with van der Waals surface area (Å²) in [6.07, 6.45) is 10.0. The zero-order chi connectivity index (χ0) is 20.5. The Labute approximate surface area is 175 Å². The molecule has 4 heterocycles. The highest BCUT2D eigenvalue weighted by Crippen LogP contribution is 2.30. The molecule has 0 bridgehead atoms. The lowest BCUT2D eigenvalue weighted by Gasteiger charge is -2.16. The van der Waals surface area contributed by atoms with Crippen molar-refractivity contribution in [3.63, 3.8) is 0 Å². The number of amides is 1. The van der Waals surface area contributed by atoms with Gasteiger partial charge in [0.1, 0.15) is 5.65 Å². The number of fused-ring (bicyclic) bond motifs is 1. The second-order valence-electron chi connectivity index (χ2n) is 7.84. The molecule has 1 fully saturated rings. The molecule has 1 unspecified atom stereocenters. The van der Waals surface area contributed by atoms with Crippen molar-refractivity contribution in [2.75, 3.05) is 18.9 Å². The van der Waals surface area contributed by atoms with Gasteiger partial charge in [0.25, 0.3) is 5.91 Å². The van der Waals surface area contributed by atoms with Gasteiger partial charge in [-0.2, -0.15) is 5.10 Å². The van der Waals surface area contributed by atoms with Crippen molar-refractivity contribution < 1.29 is 4.79 Å². The largest absolute Gasteiger partial charge is 0.321 e. The average Bonchev–Trinajstić information content (AvgIpc) is 3.49. The quantitative estimate of drug-likeness (QED) is 0.556. The van der Waals surface area contributed by atoms with Gasteiger partial charge in [-0.05, 0) is 62.3 Å². The van der Waals surface area contributed by atoms with Gasteiger partial charge in [-0.25, -0.2) is 4.98 Å². The molecule has 1 N–H and O–H groups in total. The van der Waals surface area contributed by atoms with Gasteiger partial charge in [0.05, 0.1) is 24.0 Å². The summed E-state index contributed by atoms with van der Waals surface area (Å²) in [7, 11) is 2.15. The second kappa shape index (κ2) is 7.76. The fraction of sp³-hybridized carbons (Fsp3) is 0.261. The lowest BCUT2D eigenvalue weighted by Crippen LogP contribution is -2.17. The first-order chi connectivity index (χ1) is 14.7. The second-order valence-corrected chi connectivity index (χ2v) is 7.84. The lowest BCUT2D eigenvalue weighted by atomic mass is 10.1. The number of nitrogens with one attached hydrogen (secondary N) is 1. The van der Waals surface area contributed by atoms with Crippen LogP contribution < -0.4 is 5.32 Å². The topological polar surface area (TPSA) is 67.5 Å². The minimum Gasteiger partial charge on any atom is -0.321 e. The van der Waals surface area contributed by atoms with E-state index in [1.165, 1.54) is 6.42 Å². The lowest BCUT2D eigenvalue weighted by molar-refractivity contribution is 0.102. The summed E-state index contributed by atoms with van der Waals surface area (Å²) in [5, 5.41) is 7.20. The number of likely N-dealkylation sites (tertiary alicyclic amines) is 1. The number of hydrogen-bond donors (Lipinski definition) is 1. The van der Waals surface area contributed by atoms with E-state index in [4.69, 9.17) is 4.98 Å². The molecular weight excluding hydrogens is 376 g/mol. The fourth-order valence-electron chi connectivity index (χ4n) is 4.08. The van der Waals surface area contributed by atoms with Crippen molar-refractivity contribution in [2.24, 2.45) is 0 Å². The molecule has 1 amide bonds. The first kappa shape index (κ1) is 18.6. The molecule has 0 radical (unpaired) electrons. The van der Waals surface area contributed by atoms with Gasteiger partial charge < -0.3 is 9.72 Å². The maximum absolute atomic E-state index is 12.7. The molecule has 7 nitrogen and oxygen atoms in total. The predicted molar refractivity (Wildman–Crippen MR) is 116 cm³/mol. The number of anilines is 1. The molecule has 0 saturated carbocycles. The molecule has 4 aromatic rings. The first-order valence-electron chi connectivity index (χ1n) is 10.2. The maximum atomic E-state index is 12.7. The monoisotopic (exact) mass is 400 g/mol. The number of carbonyl (C=O) groups excluding carboxylic acids is 1. The fourth-order valence-corrected chi connectivity index (χ4v) is 4.08. The van der Waals surface area contributed by atoms with Crippen LogP contribution in [0.1, 0.15) is 40.5 Å². The van der Waals surface area contributed by atoms with E-state index in [1.807, 2.05) is 63.9 Å². The first-order valence-corrected chi connectivity index (χ1v) is 10.2. The molecule has 0 spiro atoms. The maximum Gasteiger partial charge on any atom is 0.255 e. The molecule has 5 rings (SSSR count). The van der Waals surface area contributed by atoms with E-state index in [-0.39, 0.29) is 5.91 Å². The highest BCUT2D eigenvalue weighted by atomic mass is 16.1. The van der Waals surface area contributed by atoms with Crippen LogP contribution in [0, 0.1) is 0 Å². The van der Waals surface area contributed by atoms with E-state index in [0.717, 1.165) is 35.6 Å². The molecule has 1 saturated heterocycles. The van der Waals surface area contributed by atoms with Gasteiger partial charge in [-0.1, -0.05) is 12.1 Å². The zero-order valence-electron chi connectivity index (χ0n) is 16.9. The van der Waals surface area contributed by atoms with Gasteiger partial charge in [0.2, 0.25) is 0 Å². The third-order valence-electron chi connectivity index (χ3n) is 5.71. The van der Waals surface area contributed by atoms with Crippen molar-refractivity contribution in [3.8, 4) is 0 Å². The van der Waals surface area contributed by atoms with Crippen LogP contribution in [-0.2, 0) is 6.54 Å². The summed E-state index contributed by atoms with van der Waals surface area (Å²) < 4.78 is 3.84. The van der Waals surface area contributed by atoms with Gasteiger partial charge in [-0.3, -0.25) is 14.4 Å². The number of pyridine rings is 1. The van der Waals surface area contributed by atoms with Gasteiger partial charge in [-0.15, -0.1) is 0 Å². The highest BCUT2D eigenvalue weighted by molar-refractivity contribution is 6.04. The highest BCUT2D eigenvalue weighted by Gasteiger charge is 2.24. The van der Waals surface area contributed by atoms with Crippen LogP contribution in [0.15, 0.2) is 67.3 Å². The molecule has 7 heteroatoms. The summed E-state index contributed by atoms with van der Waals surface area (Å²) in [4.78, 5) is 19.8. The Kier molecular flexibility index (Phi) is 4.80. The van der Waals surface area contributed by atoms with Crippen LogP contribution in [0.4, 0.5) is 5.69 Å². The third-order valence-corrected chi connectivity index (χ3v) is 5.71. The van der Waals surface area contributed by atoms with Gasteiger partial charge >= 0.3 is 0 Å². The number of rotatable bonds is 5. The van der Waals surface area contributed by atoms with Gasteiger partial charge in [0, 0.05) is 30.4 Å². The molecule has 1 atom stereocenters. The van der Waals surface area contributed by atoms with E-state index >= 15 is 0 Å². The Balaban J connectivity index is 1.29. The zero-order valence-corrected chi connectivity index (χ0v) is 16.9. The average molecular weight is 400 g/mol. The molecule has 1 aliphatic heterocycles. The van der Waals surface area contributed by atoms with E-state index in [9.17, 15) is 4.79 Å². The number of aromatic nitrogens is 4. The van der Waals surface area contributed by atoms with Gasteiger partial charge in [0.15, 0.2) is 0 Å². The van der Waals surface area contributed by atoms with Crippen molar-refractivity contribution >= 4 is 17.2 Å². The molecule has 152 valence electrons. The van der Waals surface area contributed by atoms with E-state index < -0.39 is 0 Å². The summed E-state index contributed by atoms with van der Waals surface area (Å²) >= 11 is 0. The van der Waals surface area contributed by atoms with E-state index in [0.29, 0.717) is 18.2 Å². The standard InChI is InChI=1S/C23H24N6O/c1-27-12-2-4-21(27)20-16-28-15-19(9-10-22(28)26-20)25-23(30)18-7-5-17(6-8-18)14-29-13-3-11-24-29/h3,5-11,13,15-16,21H,2,4,12,14H2,1H3,(H,25,30). The summed E-state index contributed by atoms with van der Waals surface area (Å²) in [6.45, 7) is 1.80. The Hall–Kier alpha value is -3.45. The third kappa shape index (κ3) is 3.71. The molecule has 3 aromatic heterocycles. The summed E-state index contributed by atoms with van der Waals surface area (Å²) in [5.41, 5.74) is 4.45. The van der Waals surface area contributed by atoms with Crippen LogP contribution in [0.25, 0.3) is 5.65 Å². The molecule has 0 aliphatic carbocycles. The number of nitrogens with zero attached hydrogens (tertiary/aromatic N) is 5. The smallest absolute Gasteiger partial charge is 0.255 e. The van der Waals surface area contributed by atoms with Crippen LogP contribution in [0.3, 0.4) is 0 Å². The molecule has 30 heavy (non-hydrogen) atoms. The Bertz CT molecular complexity index is 1160. The molecular formula is C23H24N6O.